The van der Waals surface area contributed by atoms with Crippen LogP contribution in [-0.2, 0) is 0 Å². The highest BCUT2D eigenvalue weighted by Gasteiger charge is 2.15. The Morgan fingerprint density at radius 2 is 2.07 bits per heavy atom. The smallest absolute Gasteiger partial charge is 0.159 e. The Morgan fingerprint density at radius 1 is 1.40 bits per heavy atom. The highest BCUT2D eigenvalue weighted by molar-refractivity contribution is 8.00. The van der Waals surface area contributed by atoms with E-state index in [1.54, 1.807) is 6.92 Å². The molecule has 2 atom stereocenters. The molecule has 0 fully saturated rings. The van der Waals surface area contributed by atoms with E-state index in [4.69, 9.17) is 10.8 Å². The van der Waals surface area contributed by atoms with E-state index >= 15 is 0 Å². The molecule has 0 saturated carbocycles. The van der Waals surface area contributed by atoms with Crippen LogP contribution < -0.4 is 5.73 Å². The zero-order valence-corrected chi connectivity index (χ0v) is 9.10. The van der Waals surface area contributed by atoms with Crippen molar-refractivity contribution in [3.05, 3.63) is 29.8 Å². The van der Waals surface area contributed by atoms with Gasteiger partial charge in [0.25, 0.3) is 0 Å². The third kappa shape index (κ3) is 3.44. The van der Waals surface area contributed by atoms with Crippen LogP contribution in [-0.4, -0.2) is 23.0 Å². The lowest BCUT2D eigenvalue weighted by Crippen LogP contribution is -2.31. The van der Waals surface area contributed by atoms with Gasteiger partial charge >= 0.3 is 0 Å². The van der Waals surface area contributed by atoms with Gasteiger partial charge in [0.2, 0.25) is 0 Å². The number of rotatable bonds is 4. The SMILES string of the molecule is CC(N)C(CO)Sc1ccc(F)c(F)c1. The van der Waals surface area contributed by atoms with Crippen molar-refractivity contribution >= 4 is 11.8 Å². The van der Waals surface area contributed by atoms with Gasteiger partial charge in [0, 0.05) is 16.2 Å². The molecule has 5 heteroatoms. The van der Waals surface area contributed by atoms with Crippen LogP contribution in [0.5, 0.6) is 0 Å². The lowest BCUT2D eigenvalue weighted by atomic mass is 10.3. The molecule has 2 unspecified atom stereocenters. The van der Waals surface area contributed by atoms with E-state index in [0.717, 1.165) is 12.1 Å². The second kappa shape index (κ2) is 5.44. The predicted octanol–water partition coefficient (Wildman–Crippen LogP) is 1.77. The van der Waals surface area contributed by atoms with Crippen molar-refractivity contribution in [3.63, 3.8) is 0 Å². The van der Waals surface area contributed by atoms with Gasteiger partial charge in [-0.1, -0.05) is 0 Å². The maximum atomic E-state index is 12.9. The number of hydrogen-bond donors (Lipinski definition) is 2. The van der Waals surface area contributed by atoms with Crippen LogP contribution in [0.25, 0.3) is 0 Å². The van der Waals surface area contributed by atoms with E-state index in [9.17, 15) is 8.78 Å². The lowest BCUT2D eigenvalue weighted by Gasteiger charge is -2.17. The van der Waals surface area contributed by atoms with Gasteiger partial charge in [-0.15, -0.1) is 11.8 Å². The van der Waals surface area contributed by atoms with E-state index < -0.39 is 11.6 Å². The Kier molecular flexibility index (Phi) is 4.50. The average molecular weight is 233 g/mol. The Hall–Kier alpha value is -0.650. The summed E-state index contributed by atoms with van der Waals surface area (Å²) in [4.78, 5) is 0.560. The van der Waals surface area contributed by atoms with Crippen LogP contribution in [0, 0.1) is 11.6 Å². The van der Waals surface area contributed by atoms with Gasteiger partial charge in [-0.05, 0) is 25.1 Å². The van der Waals surface area contributed by atoms with Crippen LogP contribution in [0.1, 0.15) is 6.92 Å². The van der Waals surface area contributed by atoms with E-state index in [-0.39, 0.29) is 17.9 Å². The monoisotopic (exact) mass is 233 g/mol. The zero-order valence-electron chi connectivity index (χ0n) is 8.28. The van der Waals surface area contributed by atoms with Gasteiger partial charge in [0.05, 0.1) is 6.61 Å². The molecule has 3 N–H and O–H groups in total. The van der Waals surface area contributed by atoms with Crippen molar-refractivity contribution in [3.8, 4) is 0 Å². The van der Waals surface area contributed by atoms with Gasteiger partial charge in [0.15, 0.2) is 11.6 Å². The second-order valence-electron chi connectivity index (χ2n) is 3.27. The minimum absolute atomic E-state index is 0.0959. The third-order valence-corrected chi connectivity index (χ3v) is 3.35. The molecule has 1 rings (SSSR count). The molecule has 0 aliphatic rings. The zero-order chi connectivity index (χ0) is 11.4. The molecule has 0 aromatic heterocycles. The molecule has 0 radical (unpaired) electrons. The standard InChI is InChI=1S/C10H13F2NOS/c1-6(13)10(5-14)15-7-2-3-8(11)9(12)4-7/h2-4,6,10,14H,5,13H2,1H3. The Labute approximate surface area is 91.5 Å². The molecule has 0 amide bonds. The van der Waals surface area contributed by atoms with Gasteiger partial charge in [-0.25, -0.2) is 8.78 Å². The summed E-state index contributed by atoms with van der Waals surface area (Å²) in [7, 11) is 0. The maximum Gasteiger partial charge on any atom is 0.159 e. The number of benzene rings is 1. The first-order chi connectivity index (χ1) is 7.04. The molecule has 84 valence electrons. The predicted molar refractivity (Wildman–Crippen MR) is 56.7 cm³/mol. The largest absolute Gasteiger partial charge is 0.395 e. The number of nitrogens with two attached hydrogens (primary N) is 1. The number of halogens is 2. The van der Waals surface area contributed by atoms with E-state index in [0.29, 0.717) is 4.90 Å². The van der Waals surface area contributed by atoms with Crippen molar-refractivity contribution in [2.75, 3.05) is 6.61 Å². The van der Waals surface area contributed by atoms with Crippen LogP contribution >= 0.6 is 11.8 Å². The molecule has 0 spiro atoms. The number of hydrogen-bond acceptors (Lipinski definition) is 3. The Morgan fingerprint density at radius 3 is 2.53 bits per heavy atom. The van der Waals surface area contributed by atoms with Crippen molar-refractivity contribution in [1.29, 1.82) is 0 Å². The Balaban J connectivity index is 2.75. The molecule has 0 heterocycles. The van der Waals surface area contributed by atoms with Gasteiger partial charge < -0.3 is 10.8 Å². The molecular weight excluding hydrogens is 220 g/mol. The molecule has 0 aliphatic heterocycles. The topological polar surface area (TPSA) is 46.2 Å². The van der Waals surface area contributed by atoms with E-state index in [2.05, 4.69) is 0 Å². The third-order valence-electron chi connectivity index (χ3n) is 1.94. The van der Waals surface area contributed by atoms with E-state index in [1.165, 1.54) is 17.8 Å². The van der Waals surface area contributed by atoms with E-state index in [1.807, 2.05) is 0 Å². The number of aliphatic hydroxyl groups is 1. The van der Waals surface area contributed by atoms with Crippen molar-refractivity contribution in [2.24, 2.45) is 5.73 Å². The molecule has 0 bridgehead atoms. The summed E-state index contributed by atoms with van der Waals surface area (Å²) in [5, 5.41) is 8.80. The summed E-state index contributed by atoms with van der Waals surface area (Å²) in [6.45, 7) is 1.66. The minimum atomic E-state index is -0.888. The molecule has 0 saturated heterocycles. The molecule has 1 aromatic rings. The molecule has 0 aliphatic carbocycles. The molecule has 1 aromatic carbocycles. The van der Waals surface area contributed by atoms with Gasteiger partial charge in [-0.3, -0.25) is 0 Å². The summed E-state index contributed by atoms with van der Waals surface area (Å²) in [5.41, 5.74) is 5.61. The fraction of sp³-hybridized carbons (Fsp3) is 0.400. The summed E-state index contributed by atoms with van der Waals surface area (Å²) in [6, 6.07) is 3.42. The van der Waals surface area contributed by atoms with Crippen molar-refractivity contribution in [2.45, 2.75) is 23.1 Å². The molecule has 2 nitrogen and oxygen atoms in total. The first-order valence-electron chi connectivity index (χ1n) is 4.52. The lowest BCUT2D eigenvalue weighted by molar-refractivity contribution is 0.285. The number of thioether (sulfide) groups is 1. The Bertz CT molecular complexity index is 333. The summed E-state index contributed by atoms with van der Waals surface area (Å²) in [5.74, 6) is -1.76. The minimum Gasteiger partial charge on any atom is -0.395 e. The first kappa shape index (κ1) is 12.4. The van der Waals surface area contributed by atoms with Crippen molar-refractivity contribution in [1.82, 2.24) is 0 Å². The van der Waals surface area contributed by atoms with Crippen LogP contribution in [0.15, 0.2) is 23.1 Å². The van der Waals surface area contributed by atoms with Crippen LogP contribution in [0.2, 0.25) is 0 Å². The maximum absolute atomic E-state index is 12.9. The van der Waals surface area contributed by atoms with Gasteiger partial charge in [-0.2, -0.15) is 0 Å². The highest BCUT2D eigenvalue weighted by Crippen LogP contribution is 2.25. The fourth-order valence-corrected chi connectivity index (χ4v) is 1.99. The van der Waals surface area contributed by atoms with Gasteiger partial charge in [0.1, 0.15) is 0 Å². The number of aliphatic hydroxyl groups excluding tert-OH is 1. The first-order valence-corrected chi connectivity index (χ1v) is 5.40. The summed E-state index contributed by atoms with van der Waals surface area (Å²) < 4.78 is 25.5. The highest BCUT2D eigenvalue weighted by atomic mass is 32.2. The fourth-order valence-electron chi connectivity index (χ4n) is 1.04. The normalized spacial score (nSPS) is 15.0. The van der Waals surface area contributed by atoms with Crippen LogP contribution in [0.4, 0.5) is 8.78 Å². The second-order valence-corrected chi connectivity index (χ2v) is 4.59. The average Bonchev–Trinajstić information content (AvgIpc) is 2.19. The quantitative estimate of drug-likeness (QED) is 0.779. The van der Waals surface area contributed by atoms with Crippen LogP contribution in [0.3, 0.4) is 0 Å². The summed E-state index contributed by atoms with van der Waals surface area (Å²) in [6.07, 6.45) is 0. The summed E-state index contributed by atoms with van der Waals surface area (Å²) >= 11 is 1.24. The molecule has 15 heavy (non-hydrogen) atoms. The van der Waals surface area contributed by atoms with Crippen molar-refractivity contribution < 1.29 is 13.9 Å². The molecular formula is C10H13F2NOS.